The number of aromatic amines is 1. The summed E-state index contributed by atoms with van der Waals surface area (Å²) in [4.78, 5) is 25.0. The van der Waals surface area contributed by atoms with Gasteiger partial charge in [0.25, 0.3) is 0 Å². The van der Waals surface area contributed by atoms with Crippen molar-refractivity contribution >= 4 is 17.6 Å². The summed E-state index contributed by atoms with van der Waals surface area (Å²) in [5.41, 5.74) is 4.14. The number of fused-ring (bicyclic) bond motifs is 1. The summed E-state index contributed by atoms with van der Waals surface area (Å²) >= 11 is 0. The summed E-state index contributed by atoms with van der Waals surface area (Å²) in [5.74, 6) is -1.21. The van der Waals surface area contributed by atoms with Crippen molar-refractivity contribution in [1.82, 2.24) is 15.1 Å². The molecule has 3 rings (SSSR count). The number of H-pyrrole nitrogens is 1. The van der Waals surface area contributed by atoms with Gasteiger partial charge in [0.15, 0.2) is 0 Å². The Hall–Kier alpha value is -2.67. The zero-order valence-electron chi connectivity index (χ0n) is 13.5. The van der Waals surface area contributed by atoms with Crippen LogP contribution >= 0.6 is 0 Å². The fourth-order valence-electron chi connectivity index (χ4n) is 3.01. The summed E-state index contributed by atoms with van der Waals surface area (Å²) < 4.78 is 0. The van der Waals surface area contributed by atoms with E-state index in [4.69, 9.17) is 5.11 Å². The van der Waals surface area contributed by atoms with E-state index in [0.29, 0.717) is 12.2 Å². The molecule has 3 N–H and O–H groups in total. The van der Waals surface area contributed by atoms with Crippen molar-refractivity contribution in [2.24, 2.45) is 0 Å². The van der Waals surface area contributed by atoms with Crippen LogP contribution in [0.3, 0.4) is 0 Å². The molecule has 7 nitrogen and oxygen atoms in total. The monoisotopic (exact) mass is 328 g/mol. The standard InChI is InChI=1S/C17H20N4O3/c1-21(9-15-13-6-3-7-14(13)19-20-15)10-16(22)18-12-5-2-4-11(8-12)17(23)24/h2,4-5,8H,3,6-7,9-10H2,1H3,(H,18,22)(H,19,20)(H,23,24). The molecule has 1 heterocycles. The minimum atomic E-state index is -1.02. The molecule has 0 atom stereocenters. The van der Waals surface area contributed by atoms with Gasteiger partial charge < -0.3 is 10.4 Å². The van der Waals surface area contributed by atoms with E-state index in [2.05, 4.69) is 15.5 Å². The minimum absolute atomic E-state index is 0.147. The van der Waals surface area contributed by atoms with E-state index in [-0.39, 0.29) is 18.0 Å². The van der Waals surface area contributed by atoms with Crippen molar-refractivity contribution < 1.29 is 14.7 Å². The average Bonchev–Trinajstić information content (AvgIpc) is 3.12. The van der Waals surface area contributed by atoms with Gasteiger partial charge in [-0.1, -0.05) is 6.07 Å². The molecule has 24 heavy (non-hydrogen) atoms. The predicted molar refractivity (Wildman–Crippen MR) is 89.0 cm³/mol. The molecule has 1 aromatic heterocycles. The smallest absolute Gasteiger partial charge is 0.335 e. The van der Waals surface area contributed by atoms with E-state index in [1.807, 2.05) is 11.9 Å². The Bertz CT molecular complexity index is 769. The normalized spacial score (nSPS) is 13.1. The summed E-state index contributed by atoms with van der Waals surface area (Å²) in [7, 11) is 1.86. The number of amides is 1. The number of aryl methyl sites for hydroxylation is 1. The topological polar surface area (TPSA) is 98.3 Å². The molecule has 0 spiro atoms. The largest absolute Gasteiger partial charge is 0.478 e. The first-order valence-corrected chi connectivity index (χ1v) is 7.89. The van der Waals surface area contributed by atoms with Gasteiger partial charge in [-0.05, 0) is 50.1 Å². The summed E-state index contributed by atoms with van der Waals surface area (Å²) in [6, 6.07) is 6.21. The van der Waals surface area contributed by atoms with Crippen molar-refractivity contribution in [3.63, 3.8) is 0 Å². The highest BCUT2D eigenvalue weighted by Crippen LogP contribution is 2.23. The quantitative estimate of drug-likeness (QED) is 0.749. The number of nitrogens with zero attached hydrogens (tertiary/aromatic N) is 2. The van der Waals surface area contributed by atoms with Crippen molar-refractivity contribution in [2.45, 2.75) is 25.8 Å². The molecule has 1 amide bonds. The molecule has 0 bridgehead atoms. The number of benzene rings is 1. The second-order valence-corrected chi connectivity index (χ2v) is 6.09. The molecule has 0 radical (unpaired) electrons. The van der Waals surface area contributed by atoms with Crippen LogP contribution in [0.15, 0.2) is 24.3 Å². The Morgan fingerprint density at radius 3 is 3.00 bits per heavy atom. The Morgan fingerprint density at radius 1 is 1.38 bits per heavy atom. The van der Waals surface area contributed by atoms with Gasteiger partial charge in [-0.3, -0.25) is 14.8 Å². The molecule has 0 aliphatic heterocycles. The third-order valence-corrected chi connectivity index (χ3v) is 4.12. The molecular weight excluding hydrogens is 308 g/mol. The number of aromatic carboxylic acids is 1. The third-order valence-electron chi connectivity index (χ3n) is 4.12. The third kappa shape index (κ3) is 3.62. The lowest BCUT2D eigenvalue weighted by Crippen LogP contribution is -2.30. The molecule has 0 saturated carbocycles. The van der Waals surface area contributed by atoms with E-state index < -0.39 is 5.97 Å². The number of rotatable bonds is 6. The number of carbonyl (C=O) groups excluding carboxylic acids is 1. The highest BCUT2D eigenvalue weighted by molar-refractivity contribution is 5.94. The molecule has 126 valence electrons. The molecule has 1 aromatic carbocycles. The fourth-order valence-corrected chi connectivity index (χ4v) is 3.01. The molecule has 2 aromatic rings. The zero-order chi connectivity index (χ0) is 17.1. The number of likely N-dealkylation sites (N-methyl/N-ethyl adjacent to an activating group) is 1. The van der Waals surface area contributed by atoms with Gasteiger partial charge in [-0.25, -0.2) is 4.79 Å². The van der Waals surface area contributed by atoms with Crippen molar-refractivity contribution in [1.29, 1.82) is 0 Å². The first-order chi connectivity index (χ1) is 11.5. The minimum Gasteiger partial charge on any atom is -0.478 e. The number of carboxylic acid groups (broad SMARTS) is 1. The SMILES string of the molecule is CN(CC(=O)Nc1cccc(C(=O)O)c1)Cc1n[nH]c2c1CCC2. The highest BCUT2D eigenvalue weighted by Gasteiger charge is 2.19. The molecule has 0 unspecified atom stereocenters. The number of hydrogen-bond acceptors (Lipinski definition) is 4. The van der Waals surface area contributed by atoms with Crippen molar-refractivity contribution in [2.75, 3.05) is 18.9 Å². The summed E-state index contributed by atoms with van der Waals surface area (Å²) in [6.07, 6.45) is 3.25. The van der Waals surface area contributed by atoms with Gasteiger partial charge in [-0.15, -0.1) is 0 Å². The van der Waals surface area contributed by atoms with Crippen molar-refractivity contribution in [3.8, 4) is 0 Å². The molecule has 7 heteroatoms. The van der Waals surface area contributed by atoms with E-state index in [1.165, 1.54) is 23.4 Å². The number of nitrogens with one attached hydrogen (secondary N) is 2. The lowest BCUT2D eigenvalue weighted by Gasteiger charge is -2.15. The zero-order valence-corrected chi connectivity index (χ0v) is 13.5. The van der Waals surface area contributed by atoms with Gasteiger partial charge in [0.2, 0.25) is 5.91 Å². The second kappa shape index (κ2) is 6.84. The lowest BCUT2D eigenvalue weighted by molar-refractivity contribution is -0.117. The van der Waals surface area contributed by atoms with Crippen LogP contribution in [-0.4, -0.2) is 45.7 Å². The van der Waals surface area contributed by atoms with Crippen LogP contribution in [0.25, 0.3) is 0 Å². The van der Waals surface area contributed by atoms with E-state index in [1.54, 1.807) is 12.1 Å². The number of carbonyl (C=O) groups is 2. The Labute approximate surface area is 139 Å². The fraction of sp³-hybridized carbons (Fsp3) is 0.353. The van der Waals surface area contributed by atoms with Crippen LogP contribution in [0.2, 0.25) is 0 Å². The first-order valence-electron chi connectivity index (χ1n) is 7.89. The van der Waals surface area contributed by atoms with E-state index in [9.17, 15) is 9.59 Å². The molecule has 1 aliphatic rings. The maximum atomic E-state index is 12.1. The molecule has 1 aliphatic carbocycles. The van der Waals surface area contributed by atoms with Gasteiger partial charge in [-0.2, -0.15) is 5.10 Å². The number of carboxylic acids is 1. The van der Waals surface area contributed by atoms with E-state index >= 15 is 0 Å². The first kappa shape index (κ1) is 16.2. The number of aromatic nitrogens is 2. The van der Waals surface area contributed by atoms with Crippen LogP contribution in [0.4, 0.5) is 5.69 Å². The highest BCUT2D eigenvalue weighted by atomic mass is 16.4. The van der Waals surface area contributed by atoms with Gasteiger partial charge in [0.1, 0.15) is 0 Å². The second-order valence-electron chi connectivity index (χ2n) is 6.09. The number of anilines is 1. The Balaban J connectivity index is 1.56. The maximum absolute atomic E-state index is 12.1. The van der Waals surface area contributed by atoms with Crippen LogP contribution in [0.5, 0.6) is 0 Å². The molecule has 0 saturated heterocycles. The van der Waals surface area contributed by atoms with Crippen LogP contribution < -0.4 is 5.32 Å². The van der Waals surface area contributed by atoms with Crippen LogP contribution in [0.1, 0.15) is 33.7 Å². The lowest BCUT2D eigenvalue weighted by atomic mass is 10.2. The van der Waals surface area contributed by atoms with Gasteiger partial charge in [0, 0.05) is 17.9 Å². The number of hydrogen-bond donors (Lipinski definition) is 3. The Kier molecular flexibility index (Phi) is 4.61. The van der Waals surface area contributed by atoms with E-state index in [0.717, 1.165) is 25.0 Å². The predicted octanol–water partition coefficient (Wildman–Crippen LogP) is 1.67. The Morgan fingerprint density at radius 2 is 2.21 bits per heavy atom. The molecule has 0 fully saturated rings. The summed E-state index contributed by atoms with van der Waals surface area (Å²) in [6.45, 7) is 0.813. The van der Waals surface area contributed by atoms with Crippen molar-refractivity contribution in [3.05, 3.63) is 46.8 Å². The van der Waals surface area contributed by atoms with Crippen LogP contribution in [0, 0.1) is 0 Å². The van der Waals surface area contributed by atoms with Crippen LogP contribution in [-0.2, 0) is 24.2 Å². The van der Waals surface area contributed by atoms with Gasteiger partial charge in [0.05, 0.1) is 17.8 Å². The average molecular weight is 328 g/mol. The van der Waals surface area contributed by atoms with Gasteiger partial charge >= 0.3 is 5.97 Å². The maximum Gasteiger partial charge on any atom is 0.335 e. The molecular formula is C17H20N4O3. The summed E-state index contributed by atoms with van der Waals surface area (Å²) in [5, 5.41) is 19.1.